The van der Waals surface area contributed by atoms with Gasteiger partial charge in [0.15, 0.2) is 11.6 Å². The van der Waals surface area contributed by atoms with E-state index >= 15 is 0 Å². The lowest BCUT2D eigenvalue weighted by Crippen LogP contribution is -2.14. The molecule has 3 rings (SSSR count). The fraction of sp³-hybridized carbons (Fsp3) is 0.0476. The van der Waals surface area contributed by atoms with Gasteiger partial charge in [-0.3, -0.25) is 9.52 Å². The summed E-state index contributed by atoms with van der Waals surface area (Å²) in [5.74, 6) is -3.39. The van der Waals surface area contributed by atoms with Gasteiger partial charge < -0.3 is 10.1 Å². The molecule has 31 heavy (non-hydrogen) atoms. The van der Waals surface area contributed by atoms with Gasteiger partial charge in [-0.05, 0) is 66.7 Å². The van der Waals surface area contributed by atoms with Crippen molar-refractivity contribution in [2.75, 3.05) is 17.1 Å². The maximum Gasteiger partial charge on any atom is 0.337 e. The third-order valence-electron chi connectivity index (χ3n) is 4.16. The highest BCUT2D eigenvalue weighted by atomic mass is 32.2. The Hall–Kier alpha value is -3.79. The number of carbonyl (C=O) groups is 2. The van der Waals surface area contributed by atoms with Gasteiger partial charge in [-0.25, -0.2) is 22.0 Å². The van der Waals surface area contributed by atoms with Gasteiger partial charge in [-0.15, -0.1) is 0 Å². The predicted molar refractivity (Wildman–Crippen MR) is 109 cm³/mol. The first-order chi connectivity index (χ1) is 14.7. The summed E-state index contributed by atoms with van der Waals surface area (Å²) in [7, 11) is -2.87. The molecule has 0 saturated carbocycles. The zero-order valence-corrected chi connectivity index (χ0v) is 16.9. The van der Waals surface area contributed by atoms with E-state index in [-0.39, 0.29) is 5.69 Å². The van der Waals surface area contributed by atoms with Crippen molar-refractivity contribution < 1.29 is 31.5 Å². The molecular weight excluding hydrogens is 430 g/mol. The van der Waals surface area contributed by atoms with Crippen LogP contribution in [0.3, 0.4) is 0 Å². The summed E-state index contributed by atoms with van der Waals surface area (Å²) in [6.45, 7) is 0. The first-order valence-electron chi connectivity index (χ1n) is 8.77. The number of amides is 1. The van der Waals surface area contributed by atoms with Gasteiger partial charge >= 0.3 is 5.97 Å². The fourth-order valence-electron chi connectivity index (χ4n) is 2.56. The third-order valence-corrected chi connectivity index (χ3v) is 5.54. The maximum atomic E-state index is 13.3. The van der Waals surface area contributed by atoms with Gasteiger partial charge in [-0.2, -0.15) is 0 Å². The minimum absolute atomic E-state index is 0.158. The number of halogens is 2. The Labute approximate surface area is 176 Å². The first kappa shape index (κ1) is 21.9. The zero-order valence-electron chi connectivity index (χ0n) is 16.1. The molecule has 0 atom stereocenters. The molecule has 3 aromatic rings. The summed E-state index contributed by atoms with van der Waals surface area (Å²) in [5.41, 5.74) is 1.15. The van der Waals surface area contributed by atoms with Crippen LogP contribution in [0, 0.1) is 11.6 Å². The molecular formula is C21H16F2N2O5S. The van der Waals surface area contributed by atoms with Crippen LogP contribution in [0.25, 0.3) is 0 Å². The minimum Gasteiger partial charge on any atom is -0.465 e. The number of ether oxygens (including phenoxy) is 1. The number of benzene rings is 3. The van der Waals surface area contributed by atoms with Crippen molar-refractivity contribution in [2.45, 2.75) is 4.90 Å². The molecule has 7 nitrogen and oxygen atoms in total. The molecule has 0 aliphatic carbocycles. The Morgan fingerprint density at radius 2 is 1.39 bits per heavy atom. The van der Waals surface area contributed by atoms with E-state index in [0.29, 0.717) is 22.9 Å². The maximum absolute atomic E-state index is 13.3. The van der Waals surface area contributed by atoms with E-state index in [1.807, 2.05) is 0 Å². The highest BCUT2D eigenvalue weighted by Gasteiger charge is 2.17. The number of rotatable bonds is 6. The smallest absolute Gasteiger partial charge is 0.337 e. The van der Waals surface area contributed by atoms with Gasteiger partial charge in [0.25, 0.3) is 15.9 Å². The Kier molecular flexibility index (Phi) is 6.30. The molecule has 10 heteroatoms. The summed E-state index contributed by atoms with van der Waals surface area (Å²) in [5, 5.41) is 2.63. The number of carbonyl (C=O) groups excluding carboxylic acids is 2. The molecule has 0 saturated heterocycles. The van der Waals surface area contributed by atoms with E-state index in [1.54, 1.807) is 0 Å². The van der Waals surface area contributed by atoms with Gasteiger partial charge in [0.2, 0.25) is 0 Å². The lowest BCUT2D eigenvalue weighted by atomic mass is 10.1. The van der Waals surface area contributed by atoms with Crippen molar-refractivity contribution in [1.82, 2.24) is 0 Å². The van der Waals surface area contributed by atoms with Crippen molar-refractivity contribution in [3.8, 4) is 0 Å². The van der Waals surface area contributed by atoms with Gasteiger partial charge in [-0.1, -0.05) is 0 Å². The van der Waals surface area contributed by atoms with Crippen LogP contribution in [-0.4, -0.2) is 27.4 Å². The van der Waals surface area contributed by atoms with Crippen LogP contribution in [0.15, 0.2) is 71.6 Å². The number of methoxy groups -OCH3 is 1. The predicted octanol–water partition coefficient (Wildman–Crippen LogP) is 3.80. The average molecular weight is 446 g/mol. The summed E-state index contributed by atoms with van der Waals surface area (Å²) in [6.07, 6.45) is 0. The quantitative estimate of drug-likeness (QED) is 0.561. The Bertz CT molecular complexity index is 1230. The van der Waals surface area contributed by atoms with Gasteiger partial charge in [0.05, 0.1) is 17.6 Å². The van der Waals surface area contributed by atoms with Crippen LogP contribution in [0.1, 0.15) is 20.7 Å². The van der Waals surface area contributed by atoms with Crippen LogP contribution in [0.2, 0.25) is 0 Å². The minimum atomic E-state index is -4.13. The number of anilines is 2. The average Bonchev–Trinajstić information content (AvgIpc) is 2.76. The number of hydrogen-bond donors (Lipinski definition) is 2. The number of esters is 1. The topological polar surface area (TPSA) is 102 Å². The van der Waals surface area contributed by atoms with Crippen LogP contribution < -0.4 is 10.0 Å². The number of nitrogens with one attached hydrogen (secondary N) is 2. The molecule has 0 unspecified atom stereocenters. The largest absolute Gasteiger partial charge is 0.465 e. The van der Waals surface area contributed by atoms with Gasteiger partial charge in [0, 0.05) is 16.9 Å². The molecule has 0 radical (unpaired) electrons. The molecule has 2 N–H and O–H groups in total. The molecule has 0 aromatic heterocycles. The van der Waals surface area contributed by atoms with E-state index in [1.165, 1.54) is 55.6 Å². The van der Waals surface area contributed by atoms with Crippen LogP contribution in [-0.2, 0) is 14.8 Å². The van der Waals surface area contributed by atoms with Crippen LogP contribution in [0.4, 0.5) is 20.2 Å². The van der Waals surface area contributed by atoms with Crippen molar-refractivity contribution in [2.24, 2.45) is 0 Å². The molecule has 0 aliphatic rings. The number of hydrogen-bond acceptors (Lipinski definition) is 5. The van der Waals surface area contributed by atoms with E-state index in [4.69, 9.17) is 0 Å². The van der Waals surface area contributed by atoms with E-state index < -0.39 is 38.4 Å². The molecule has 3 aromatic carbocycles. The van der Waals surface area contributed by atoms with E-state index in [2.05, 4.69) is 14.8 Å². The first-order valence-corrected chi connectivity index (χ1v) is 10.3. The Balaban J connectivity index is 1.67. The second-order valence-electron chi connectivity index (χ2n) is 6.28. The van der Waals surface area contributed by atoms with E-state index in [0.717, 1.165) is 12.1 Å². The van der Waals surface area contributed by atoms with E-state index in [9.17, 15) is 26.8 Å². The molecule has 0 fully saturated rings. The Morgan fingerprint density at radius 3 is 1.97 bits per heavy atom. The van der Waals surface area contributed by atoms with Crippen LogP contribution >= 0.6 is 0 Å². The van der Waals surface area contributed by atoms with Crippen molar-refractivity contribution in [3.05, 3.63) is 89.5 Å². The Morgan fingerprint density at radius 1 is 0.806 bits per heavy atom. The van der Waals surface area contributed by atoms with Crippen molar-refractivity contribution in [3.63, 3.8) is 0 Å². The summed E-state index contributed by atoms with van der Waals surface area (Å²) < 4.78 is 57.8. The summed E-state index contributed by atoms with van der Waals surface area (Å²) >= 11 is 0. The van der Waals surface area contributed by atoms with Crippen LogP contribution in [0.5, 0.6) is 0 Å². The van der Waals surface area contributed by atoms with Crippen molar-refractivity contribution >= 4 is 33.3 Å². The summed E-state index contributed by atoms with van der Waals surface area (Å²) in [6, 6.07) is 13.8. The molecule has 1 amide bonds. The second-order valence-corrected chi connectivity index (χ2v) is 7.96. The second kappa shape index (κ2) is 8.92. The normalized spacial score (nSPS) is 10.9. The monoisotopic (exact) mass is 446 g/mol. The highest BCUT2D eigenvalue weighted by molar-refractivity contribution is 7.92. The van der Waals surface area contributed by atoms with Crippen molar-refractivity contribution in [1.29, 1.82) is 0 Å². The third kappa shape index (κ3) is 5.23. The molecule has 0 bridgehead atoms. The zero-order chi connectivity index (χ0) is 22.6. The SMILES string of the molecule is COC(=O)c1ccc(C(=O)Nc2ccc(NS(=O)(=O)c3ccc(F)c(F)c3)cc2)cc1. The highest BCUT2D eigenvalue weighted by Crippen LogP contribution is 2.20. The molecule has 0 spiro atoms. The lowest BCUT2D eigenvalue weighted by molar-refractivity contribution is 0.0600. The lowest BCUT2D eigenvalue weighted by Gasteiger charge is -2.10. The number of sulfonamides is 1. The molecule has 0 heterocycles. The standard InChI is InChI=1S/C21H16F2N2O5S/c1-30-21(27)14-4-2-13(3-5-14)20(26)24-15-6-8-16(9-7-15)25-31(28,29)17-10-11-18(22)19(23)12-17/h2-12,25H,1H3,(H,24,26). The molecule has 0 aliphatic heterocycles. The summed E-state index contributed by atoms with van der Waals surface area (Å²) in [4.78, 5) is 23.3. The fourth-order valence-corrected chi connectivity index (χ4v) is 3.63. The molecule has 160 valence electrons. The van der Waals surface area contributed by atoms with Gasteiger partial charge in [0.1, 0.15) is 0 Å².